The molecule has 0 N–H and O–H groups in total. The zero-order chi connectivity index (χ0) is 14.3. The van der Waals surface area contributed by atoms with Gasteiger partial charge >= 0.3 is 5.97 Å². The second-order valence-electron chi connectivity index (χ2n) is 5.81. The van der Waals surface area contributed by atoms with E-state index in [1.165, 1.54) is 12.1 Å². The molecule has 0 radical (unpaired) electrons. The summed E-state index contributed by atoms with van der Waals surface area (Å²) in [5.41, 5.74) is -0.682. The maximum atomic E-state index is 12.5. The third-order valence-electron chi connectivity index (χ3n) is 3.04. The van der Waals surface area contributed by atoms with Crippen LogP contribution in [0.2, 0.25) is 0 Å². The number of rotatable bonds is 3. The molecule has 0 heterocycles. The predicted octanol–water partition coefficient (Wildman–Crippen LogP) is 2.33. The van der Waals surface area contributed by atoms with Gasteiger partial charge in [-0.15, -0.1) is 0 Å². The van der Waals surface area contributed by atoms with Crippen molar-refractivity contribution in [3.63, 3.8) is 0 Å². The van der Waals surface area contributed by atoms with Crippen LogP contribution in [-0.2, 0) is 19.4 Å². The first-order chi connectivity index (χ1) is 8.69. The van der Waals surface area contributed by atoms with E-state index in [0.29, 0.717) is 12.8 Å². The third-order valence-corrected chi connectivity index (χ3v) is 5.54. The highest BCUT2D eigenvalue weighted by Crippen LogP contribution is 2.48. The minimum atomic E-state index is -3.67. The number of esters is 1. The molecule has 1 saturated carbocycles. The van der Waals surface area contributed by atoms with E-state index in [1.54, 1.807) is 39.0 Å². The van der Waals surface area contributed by atoms with Crippen LogP contribution in [0, 0.1) is 0 Å². The van der Waals surface area contributed by atoms with Gasteiger partial charge in [-0.25, -0.2) is 8.42 Å². The smallest absolute Gasteiger partial charge is 0.328 e. The third kappa shape index (κ3) is 2.52. The summed E-state index contributed by atoms with van der Waals surface area (Å²) in [5, 5.41) is 0. The molecular formula is C14H18O4S. The van der Waals surface area contributed by atoms with Crippen molar-refractivity contribution < 1.29 is 17.9 Å². The number of carbonyl (C=O) groups excluding carboxylic acids is 1. The monoisotopic (exact) mass is 282 g/mol. The van der Waals surface area contributed by atoms with E-state index in [0.717, 1.165) is 0 Å². The molecule has 1 aromatic rings. The number of carbonyl (C=O) groups is 1. The van der Waals surface area contributed by atoms with Gasteiger partial charge < -0.3 is 4.74 Å². The lowest BCUT2D eigenvalue weighted by molar-refractivity contribution is -0.155. The van der Waals surface area contributed by atoms with Crippen LogP contribution < -0.4 is 0 Å². The van der Waals surface area contributed by atoms with Crippen molar-refractivity contribution in [1.82, 2.24) is 0 Å². The first kappa shape index (κ1) is 14.1. The summed E-state index contributed by atoms with van der Waals surface area (Å²) in [6.07, 6.45) is 0.665. The van der Waals surface area contributed by atoms with Crippen molar-refractivity contribution in [3.8, 4) is 0 Å². The summed E-state index contributed by atoms with van der Waals surface area (Å²) in [5.74, 6) is -0.635. The van der Waals surface area contributed by atoms with E-state index in [-0.39, 0.29) is 4.90 Å². The van der Waals surface area contributed by atoms with Crippen LogP contribution in [0.3, 0.4) is 0 Å². The van der Waals surface area contributed by atoms with Crippen LogP contribution in [0.4, 0.5) is 0 Å². The minimum absolute atomic E-state index is 0.179. The van der Waals surface area contributed by atoms with E-state index in [9.17, 15) is 13.2 Å². The molecule has 0 spiro atoms. The number of hydrogen-bond acceptors (Lipinski definition) is 4. The van der Waals surface area contributed by atoms with Crippen molar-refractivity contribution in [1.29, 1.82) is 0 Å². The second-order valence-corrected chi connectivity index (χ2v) is 8.07. The molecule has 19 heavy (non-hydrogen) atoms. The molecule has 1 aliphatic rings. The highest BCUT2D eigenvalue weighted by atomic mass is 32.2. The van der Waals surface area contributed by atoms with Crippen LogP contribution in [0.25, 0.3) is 0 Å². The summed E-state index contributed by atoms with van der Waals surface area (Å²) < 4.78 is 29.0. The van der Waals surface area contributed by atoms with E-state index >= 15 is 0 Å². The van der Waals surface area contributed by atoms with Gasteiger partial charge in [-0.3, -0.25) is 4.79 Å². The summed E-state index contributed by atoms with van der Waals surface area (Å²) in [6.45, 7) is 5.20. The van der Waals surface area contributed by atoms with E-state index in [4.69, 9.17) is 4.74 Å². The van der Waals surface area contributed by atoms with Crippen molar-refractivity contribution >= 4 is 15.8 Å². The van der Waals surface area contributed by atoms with Gasteiger partial charge in [-0.1, -0.05) is 18.2 Å². The Morgan fingerprint density at radius 3 is 2.11 bits per heavy atom. The zero-order valence-electron chi connectivity index (χ0n) is 11.3. The molecule has 0 atom stereocenters. The van der Waals surface area contributed by atoms with Crippen molar-refractivity contribution in [3.05, 3.63) is 30.3 Å². The first-order valence-corrected chi connectivity index (χ1v) is 7.70. The Hall–Kier alpha value is -1.36. The second kappa shape index (κ2) is 4.34. The topological polar surface area (TPSA) is 60.4 Å². The van der Waals surface area contributed by atoms with Gasteiger partial charge in [0.2, 0.25) is 0 Å². The summed E-state index contributed by atoms with van der Waals surface area (Å²) >= 11 is 0. The standard InChI is InChI=1S/C14H18O4S/c1-13(2,3)18-12(15)14(9-10-14)19(16,17)11-7-5-4-6-8-11/h4-8H,9-10H2,1-3H3. The molecule has 0 saturated heterocycles. The molecule has 5 heteroatoms. The molecule has 1 fully saturated rings. The molecule has 0 aliphatic heterocycles. The molecule has 2 rings (SSSR count). The van der Waals surface area contributed by atoms with Gasteiger partial charge in [-0.05, 0) is 45.7 Å². The highest BCUT2D eigenvalue weighted by Gasteiger charge is 2.63. The van der Waals surface area contributed by atoms with Crippen LogP contribution in [-0.4, -0.2) is 24.7 Å². The highest BCUT2D eigenvalue weighted by molar-refractivity contribution is 7.94. The lowest BCUT2D eigenvalue weighted by atomic mass is 10.2. The average molecular weight is 282 g/mol. The van der Waals surface area contributed by atoms with Crippen molar-refractivity contribution in [2.75, 3.05) is 0 Å². The minimum Gasteiger partial charge on any atom is -0.459 e. The van der Waals surface area contributed by atoms with E-state index < -0.39 is 26.2 Å². The maximum Gasteiger partial charge on any atom is 0.328 e. The molecule has 0 amide bonds. The fraction of sp³-hybridized carbons (Fsp3) is 0.500. The van der Waals surface area contributed by atoms with Crippen molar-refractivity contribution in [2.24, 2.45) is 0 Å². The molecule has 0 bridgehead atoms. The van der Waals surface area contributed by atoms with Gasteiger partial charge in [-0.2, -0.15) is 0 Å². The predicted molar refractivity (Wildman–Crippen MR) is 71.4 cm³/mol. The first-order valence-electron chi connectivity index (χ1n) is 6.22. The van der Waals surface area contributed by atoms with Gasteiger partial charge in [0.1, 0.15) is 5.60 Å². The fourth-order valence-electron chi connectivity index (χ4n) is 1.89. The van der Waals surface area contributed by atoms with Crippen LogP contribution >= 0.6 is 0 Å². The van der Waals surface area contributed by atoms with Crippen LogP contribution in [0.5, 0.6) is 0 Å². The maximum absolute atomic E-state index is 12.5. The molecule has 1 aliphatic carbocycles. The van der Waals surface area contributed by atoms with Gasteiger partial charge in [0.05, 0.1) is 4.90 Å². The number of hydrogen-bond donors (Lipinski definition) is 0. The van der Waals surface area contributed by atoms with Crippen LogP contribution in [0.15, 0.2) is 35.2 Å². The molecular weight excluding hydrogens is 264 g/mol. The zero-order valence-corrected chi connectivity index (χ0v) is 12.2. The molecule has 4 nitrogen and oxygen atoms in total. The number of ether oxygens (including phenoxy) is 1. The molecule has 0 unspecified atom stereocenters. The van der Waals surface area contributed by atoms with E-state index in [1.807, 2.05) is 0 Å². The lowest BCUT2D eigenvalue weighted by Gasteiger charge is -2.23. The molecule has 1 aromatic carbocycles. The Kier molecular flexibility index (Phi) is 3.21. The lowest BCUT2D eigenvalue weighted by Crippen LogP contribution is -2.38. The molecule has 0 aromatic heterocycles. The Balaban J connectivity index is 2.33. The Bertz CT molecular complexity index is 578. The number of sulfone groups is 1. The molecule has 104 valence electrons. The van der Waals surface area contributed by atoms with Gasteiger partial charge in [0.25, 0.3) is 0 Å². The SMILES string of the molecule is CC(C)(C)OC(=O)C1(S(=O)(=O)c2ccccc2)CC1. The van der Waals surface area contributed by atoms with Crippen molar-refractivity contribution in [2.45, 2.75) is 48.9 Å². The summed E-state index contributed by atoms with van der Waals surface area (Å²) in [4.78, 5) is 12.3. The average Bonchev–Trinajstić information content (AvgIpc) is 3.09. The Labute approximate surface area is 113 Å². The van der Waals surface area contributed by atoms with Gasteiger partial charge in [0.15, 0.2) is 14.6 Å². The fourth-order valence-corrected chi connectivity index (χ4v) is 3.76. The van der Waals surface area contributed by atoms with Gasteiger partial charge in [0, 0.05) is 0 Å². The van der Waals surface area contributed by atoms with E-state index in [2.05, 4.69) is 0 Å². The summed E-state index contributed by atoms with van der Waals surface area (Å²) in [6, 6.07) is 8.07. The normalized spacial score (nSPS) is 17.8. The summed E-state index contributed by atoms with van der Waals surface area (Å²) in [7, 11) is -3.67. The van der Waals surface area contributed by atoms with Crippen LogP contribution in [0.1, 0.15) is 33.6 Å². The largest absolute Gasteiger partial charge is 0.459 e. The Morgan fingerprint density at radius 2 is 1.68 bits per heavy atom. The quantitative estimate of drug-likeness (QED) is 0.798. The Morgan fingerprint density at radius 1 is 1.16 bits per heavy atom. The number of benzene rings is 1.